The third kappa shape index (κ3) is 3.45. The first kappa shape index (κ1) is 12.9. The molecular formula is C12H15N3O3. The highest BCUT2D eigenvalue weighted by molar-refractivity contribution is 5.13. The molecule has 0 unspecified atom stereocenters. The average Bonchev–Trinajstić information content (AvgIpc) is 2.41. The third-order valence-electron chi connectivity index (χ3n) is 2.81. The van der Waals surface area contributed by atoms with Crippen molar-refractivity contribution in [3.63, 3.8) is 0 Å². The molecule has 0 aromatic heterocycles. The van der Waals surface area contributed by atoms with Crippen molar-refractivity contribution in [1.29, 1.82) is 0 Å². The second kappa shape index (κ2) is 6.37. The van der Waals surface area contributed by atoms with E-state index in [0.29, 0.717) is 13.0 Å². The Balaban J connectivity index is 1.85. The Labute approximate surface area is 105 Å². The van der Waals surface area contributed by atoms with E-state index in [1.165, 1.54) is 0 Å². The van der Waals surface area contributed by atoms with Gasteiger partial charge < -0.3 is 14.6 Å². The predicted octanol–water partition coefficient (Wildman–Crippen LogP) is 1.99. The Kier molecular flexibility index (Phi) is 4.55. The van der Waals surface area contributed by atoms with Gasteiger partial charge in [0, 0.05) is 11.3 Å². The van der Waals surface area contributed by atoms with Crippen LogP contribution in [-0.4, -0.2) is 30.1 Å². The van der Waals surface area contributed by atoms with Crippen molar-refractivity contribution in [1.82, 2.24) is 0 Å². The van der Waals surface area contributed by atoms with E-state index in [2.05, 4.69) is 10.0 Å². The molecule has 6 nitrogen and oxygen atoms in total. The van der Waals surface area contributed by atoms with E-state index in [9.17, 15) is 5.11 Å². The van der Waals surface area contributed by atoms with Crippen LogP contribution in [0.4, 0.5) is 0 Å². The van der Waals surface area contributed by atoms with Crippen LogP contribution in [0.5, 0.6) is 0 Å². The number of nitrogens with zero attached hydrogens (tertiary/aromatic N) is 3. The highest BCUT2D eigenvalue weighted by Gasteiger charge is 2.29. The van der Waals surface area contributed by atoms with E-state index in [0.717, 1.165) is 5.56 Å². The summed E-state index contributed by atoms with van der Waals surface area (Å²) in [4.78, 5) is 2.72. The Morgan fingerprint density at radius 3 is 2.94 bits per heavy atom. The first-order valence-corrected chi connectivity index (χ1v) is 5.79. The minimum atomic E-state index is -0.752. The fraction of sp³-hybridized carbons (Fsp3) is 0.500. The van der Waals surface area contributed by atoms with Crippen molar-refractivity contribution in [2.45, 2.75) is 31.5 Å². The molecule has 0 radical (unpaired) electrons. The zero-order valence-corrected chi connectivity index (χ0v) is 9.85. The molecule has 1 fully saturated rings. The number of aliphatic hydroxyl groups excluding tert-OH is 1. The van der Waals surface area contributed by atoms with E-state index < -0.39 is 18.4 Å². The highest BCUT2D eigenvalue weighted by Crippen LogP contribution is 2.19. The lowest BCUT2D eigenvalue weighted by molar-refractivity contribution is -0.196. The van der Waals surface area contributed by atoms with Crippen LogP contribution in [0, 0.1) is 0 Å². The molecule has 18 heavy (non-hydrogen) atoms. The first-order chi connectivity index (χ1) is 8.79. The molecule has 1 N–H and O–H groups in total. The lowest BCUT2D eigenvalue weighted by Crippen LogP contribution is -2.41. The number of azide groups is 1. The van der Waals surface area contributed by atoms with Gasteiger partial charge in [0.25, 0.3) is 0 Å². The molecule has 0 bridgehead atoms. The minimum Gasteiger partial charge on any atom is -0.390 e. The van der Waals surface area contributed by atoms with Crippen LogP contribution < -0.4 is 0 Å². The number of rotatable bonds is 4. The van der Waals surface area contributed by atoms with Crippen LogP contribution >= 0.6 is 0 Å². The summed E-state index contributed by atoms with van der Waals surface area (Å²) in [6.07, 6.45) is -0.820. The molecule has 1 aliphatic heterocycles. The molecule has 1 saturated heterocycles. The second-order valence-electron chi connectivity index (χ2n) is 4.13. The number of hydrogen-bond donors (Lipinski definition) is 1. The Morgan fingerprint density at radius 2 is 2.22 bits per heavy atom. The molecule has 96 valence electrons. The van der Waals surface area contributed by atoms with Crippen molar-refractivity contribution < 1.29 is 14.6 Å². The van der Waals surface area contributed by atoms with E-state index >= 15 is 0 Å². The molecule has 1 aromatic carbocycles. The average molecular weight is 249 g/mol. The van der Waals surface area contributed by atoms with Crippen molar-refractivity contribution >= 4 is 0 Å². The van der Waals surface area contributed by atoms with Crippen molar-refractivity contribution in [3.05, 3.63) is 46.3 Å². The zero-order valence-electron chi connectivity index (χ0n) is 9.85. The summed E-state index contributed by atoms with van der Waals surface area (Å²) in [6, 6.07) is 9.25. The molecular weight excluding hydrogens is 234 g/mol. The van der Waals surface area contributed by atoms with Gasteiger partial charge in [-0.05, 0) is 11.1 Å². The van der Waals surface area contributed by atoms with Gasteiger partial charge in [-0.25, -0.2) is 0 Å². The molecule has 0 amide bonds. The Bertz CT molecular complexity index is 420. The van der Waals surface area contributed by atoms with Crippen LogP contribution in [0.2, 0.25) is 0 Å². The smallest absolute Gasteiger partial charge is 0.158 e. The van der Waals surface area contributed by atoms with E-state index in [1.54, 1.807) is 0 Å². The maximum absolute atomic E-state index is 9.56. The summed E-state index contributed by atoms with van der Waals surface area (Å²) in [6.45, 7) is 0.563. The fourth-order valence-corrected chi connectivity index (χ4v) is 1.81. The molecule has 0 spiro atoms. The minimum absolute atomic E-state index is 0.128. The molecule has 1 heterocycles. The topological polar surface area (TPSA) is 87.5 Å². The van der Waals surface area contributed by atoms with E-state index in [4.69, 9.17) is 15.0 Å². The van der Waals surface area contributed by atoms with Crippen molar-refractivity contribution in [2.75, 3.05) is 6.61 Å². The van der Waals surface area contributed by atoms with E-state index in [-0.39, 0.29) is 6.61 Å². The van der Waals surface area contributed by atoms with Crippen LogP contribution in [0.15, 0.2) is 35.4 Å². The van der Waals surface area contributed by atoms with Crippen LogP contribution in [-0.2, 0) is 16.1 Å². The van der Waals surface area contributed by atoms with Gasteiger partial charge in [-0.3, -0.25) is 0 Å². The van der Waals surface area contributed by atoms with Gasteiger partial charge in [0.15, 0.2) is 6.29 Å². The molecule has 3 atom stereocenters. The number of hydrogen-bond acceptors (Lipinski definition) is 4. The summed E-state index contributed by atoms with van der Waals surface area (Å²) in [5.74, 6) is 0. The van der Waals surface area contributed by atoms with Gasteiger partial charge in [0.1, 0.15) is 0 Å². The van der Waals surface area contributed by atoms with Gasteiger partial charge in [-0.2, -0.15) is 0 Å². The lowest BCUT2D eigenvalue weighted by Gasteiger charge is -2.30. The largest absolute Gasteiger partial charge is 0.390 e. The normalized spacial score (nSPS) is 27.5. The van der Waals surface area contributed by atoms with Gasteiger partial charge in [-0.15, -0.1) is 0 Å². The fourth-order valence-electron chi connectivity index (χ4n) is 1.81. The molecule has 2 rings (SSSR count). The molecule has 1 aliphatic rings. The van der Waals surface area contributed by atoms with E-state index in [1.807, 2.05) is 30.3 Å². The quantitative estimate of drug-likeness (QED) is 0.503. The van der Waals surface area contributed by atoms with Crippen molar-refractivity contribution in [3.8, 4) is 0 Å². The Hall–Kier alpha value is -1.59. The zero-order chi connectivity index (χ0) is 12.8. The maximum Gasteiger partial charge on any atom is 0.158 e. The Morgan fingerprint density at radius 1 is 1.44 bits per heavy atom. The summed E-state index contributed by atoms with van der Waals surface area (Å²) < 4.78 is 10.9. The summed E-state index contributed by atoms with van der Waals surface area (Å²) in [5, 5.41) is 13.1. The van der Waals surface area contributed by atoms with Crippen LogP contribution in [0.25, 0.3) is 10.4 Å². The van der Waals surface area contributed by atoms with Crippen LogP contribution in [0.1, 0.15) is 12.0 Å². The van der Waals surface area contributed by atoms with Crippen molar-refractivity contribution in [2.24, 2.45) is 5.11 Å². The summed E-state index contributed by atoms with van der Waals surface area (Å²) in [5.41, 5.74) is 9.44. The maximum atomic E-state index is 9.56. The molecule has 0 aliphatic carbocycles. The van der Waals surface area contributed by atoms with Gasteiger partial charge in [0.2, 0.25) is 0 Å². The van der Waals surface area contributed by atoms with Gasteiger partial charge in [-0.1, -0.05) is 35.4 Å². The highest BCUT2D eigenvalue weighted by atomic mass is 16.7. The van der Waals surface area contributed by atoms with Crippen LogP contribution in [0.3, 0.4) is 0 Å². The van der Waals surface area contributed by atoms with Gasteiger partial charge >= 0.3 is 0 Å². The predicted molar refractivity (Wildman–Crippen MR) is 64.5 cm³/mol. The third-order valence-corrected chi connectivity index (χ3v) is 2.81. The summed E-state index contributed by atoms with van der Waals surface area (Å²) >= 11 is 0. The van der Waals surface area contributed by atoms with Gasteiger partial charge in [0.05, 0.1) is 25.4 Å². The lowest BCUT2D eigenvalue weighted by atomic mass is 10.1. The summed E-state index contributed by atoms with van der Waals surface area (Å²) in [7, 11) is 0. The number of ether oxygens (including phenoxy) is 2. The standard InChI is InChI=1S/C12H15N3O3/c13-15-14-10-6-12(18-8-11(10)16)17-7-9-4-2-1-3-5-9/h1-5,10-12,16H,6-8H2/t10-,11-,12+/m0/s1. The molecule has 6 heteroatoms. The first-order valence-electron chi connectivity index (χ1n) is 5.79. The SMILES string of the molecule is [N-]=[N+]=N[C@H]1C[C@H](OCc2ccccc2)OC[C@@H]1O. The second-order valence-corrected chi connectivity index (χ2v) is 4.13. The number of aliphatic hydroxyl groups is 1. The number of benzene rings is 1. The molecule has 0 saturated carbocycles. The monoisotopic (exact) mass is 249 g/mol. The molecule has 1 aromatic rings.